The highest BCUT2D eigenvalue weighted by Gasteiger charge is 2.21. The molecule has 0 unspecified atom stereocenters. The number of fused-ring (bicyclic) bond motifs is 1. The highest BCUT2D eigenvalue weighted by Crippen LogP contribution is 2.21. The lowest BCUT2D eigenvalue weighted by Gasteiger charge is -2.14. The van der Waals surface area contributed by atoms with Crippen molar-refractivity contribution in [3.63, 3.8) is 0 Å². The van der Waals surface area contributed by atoms with Gasteiger partial charge in [0.1, 0.15) is 11.4 Å². The van der Waals surface area contributed by atoms with Crippen LogP contribution in [0.1, 0.15) is 33.0 Å². The number of rotatable bonds is 3. The van der Waals surface area contributed by atoms with Crippen LogP contribution in [0.3, 0.4) is 0 Å². The minimum absolute atomic E-state index is 0.0609. The van der Waals surface area contributed by atoms with Gasteiger partial charge in [-0.2, -0.15) is 0 Å². The molecule has 0 aliphatic rings. The van der Waals surface area contributed by atoms with Gasteiger partial charge >= 0.3 is 0 Å². The van der Waals surface area contributed by atoms with Crippen LogP contribution in [-0.4, -0.2) is 25.1 Å². The van der Waals surface area contributed by atoms with Crippen LogP contribution in [0.15, 0.2) is 46.0 Å². The predicted octanol–water partition coefficient (Wildman–Crippen LogP) is 3.22. The SMILES string of the molecule is Cc1cc(Cl)ccc1-n1c(C)nc2ccc(C(=O)c3c(C)[nH]n(C)c3=O)cc2c1=O. The number of aromatic nitrogens is 4. The van der Waals surface area contributed by atoms with Gasteiger partial charge in [0.25, 0.3) is 11.1 Å². The molecule has 0 spiro atoms. The number of hydrogen-bond donors (Lipinski definition) is 1. The Kier molecular flexibility index (Phi) is 4.70. The summed E-state index contributed by atoms with van der Waals surface area (Å²) in [5.41, 5.74) is 2.07. The van der Waals surface area contributed by atoms with Crippen molar-refractivity contribution in [2.24, 2.45) is 7.05 Å². The van der Waals surface area contributed by atoms with E-state index in [0.717, 1.165) is 5.56 Å². The van der Waals surface area contributed by atoms with Crippen LogP contribution in [0.4, 0.5) is 0 Å². The first-order valence-corrected chi connectivity index (χ1v) is 9.67. The average molecular weight is 423 g/mol. The highest BCUT2D eigenvalue weighted by molar-refractivity contribution is 6.30. The normalized spacial score (nSPS) is 11.2. The molecule has 0 aliphatic carbocycles. The molecule has 0 radical (unpaired) electrons. The molecular weight excluding hydrogens is 404 g/mol. The van der Waals surface area contributed by atoms with Crippen molar-refractivity contribution in [2.75, 3.05) is 0 Å². The summed E-state index contributed by atoms with van der Waals surface area (Å²) in [6, 6.07) is 9.96. The fraction of sp³-hybridized carbons (Fsp3) is 0.182. The second-order valence-corrected chi connectivity index (χ2v) is 7.70. The maximum atomic E-state index is 13.3. The molecule has 0 bridgehead atoms. The molecular formula is C22H19ClN4O3. The third-order valence-electron chi connectivity index (χ3n) is 5.15. The van der Waals surface area contributed by atoms with Crippen molar-refractivity contribution in [1.82, 2.24) is 19.3 Å². The minimum atomic E-state index is -0.439. The van der Waals surface area contributed by atoms with Crippen LogP contribution >= 0.6 is 11.6 Å². The maximum Gasteiger partial charge on any atom is 0.277 e. The summed E-state index contributed by atoms with van der Waals surface area (Å²) < 4.78 is 2.76. The van der Waals surface area contributed by atoms with E-state index in [9.17, 15) is 14.4 Å². The fourth-order valence-electron chi connectivity index (χ4n) is 3.69. The molecule has 0 saturated carbocycles. The van der Waals surface area contributed by atoms with E-state index in [1.807, 2.05) is 6.92 Å². The number of ketones is 1. The van der Waals surface area contributed by atoms with E-state index in [1.165, 1.54) is 15.3 Å². The largest absolute Gasteiger partial charge is 0.299 e. The van der Waals surface area contributed by atoms with Gasteiger partial charge in [-0.05, 0) is 62.7 Å². The Morgan fingerprint density at radius 3 is 2.40 bits per heavy atom. The molecule has 2 aromatic heterocycles. The van der Waals surface area contributed by atoms with Gasteiger partial charge in [-0.1, -0.05) is 11.6 Å². The third-order valence-corrected chi connectivity index (χ3v) is 5.39. The van der Waals surface area contributed by atoms with Crippen molar-refractivity contribution in [3.05, 3.63) is 90.3 Å². The Labute approximate surface area is 176 Å². The van der Waals surface area contributed by atoms with E-state index in [-0.39, 0.29) is 16.7 Å². The Hall–Kier alpha value is -3.45. The summed E-state index contributed by atoms with van der Waals surface area (Å²) in [5.74, 6) is 0.0813. The Morgan fingerprint density at radius 1 is 1.03 bits per heavy atom. The van der Waals surface area contributed by atoms with Crippen LogP contribution in [0.25, 0.3) is 16.6 Å². The maximum absolute atomic E-state index is 13.3. The molecule has 4 aromatic rings. The molecule has 0 amide bonds. The molecule has 152 valence electrons. The number of nitrogens with zero attached hydrogens (tertiary/aromatic N) is 3. The fourth-order valence-corrected chi connectivity index (χ4v) is 3.92. The summed E-state index contributed by atoms with van der Waals surface area (Å²) >= 11 is 6.05. The van der Waals surface area contributed by atoms with Crippen molar-refractivity contribution in [2.45, 2.75) is 20.8 Å². The van der Waals surface area contributed by atoms with Crippen LogP contribution in [-0.2, 0) is 7.05 Å². The molecule has 2 heterocycles. The van der Waals surface area contributed by atoms with Crippen LogP contribution in [0.2, 0.25) is 5.02 Å². The molecule has 0 aliphatic heterocycles. The summed E-state index contributed by atoms with van der Waals surface area (Å²) in [6.07, 6.45) is 0. The lowest BCUT2D eigenvalue weighted by Crippen LogP contribution is -2.24. The molecule has 8 heteroatoms. The Morgan fingerprint density at radius 2 is 1.77 bits per heavy atom. The summed E-state index contributed by atoms with van der Waals surface area (Å²) in [7, 11) is 1.55. The van der Waals surface area contributed by atoms with E-state index in [2.05, 4.69) is 10.1 Å². The zero-order chi connectivity index (χ0) is 21.7. The second-order valence-electron chi connectivity index (χ2n) is 7.27. The quantitative estimate of drug-likeness (QED) is 0.513. The summed E-state index contributed by atoms with van der Waals surface area (Å²) in [4.78, 5) is 43.2. The van der Waals surface area contributed by atoms with Gasteiger partial charge in [0, 0.05) is 23.3 Å². The summed E-state index contributed by atoms with van der Waals surface area (Å²) in [5, 5.41) is 3.69. The lowest BCUT2D eigenvalue weighted by molar-refractivity contribution is 0.103. The van der Waals surface area contributed by atoms with Crippen molar-refractivity contribution in [3.8, 4) is 5.69 Å². The molecule has 30 heavy (non-hydrogen) atoms. The molecule has 7 nitrogen and oxygen atoms in total. The first-order valence-electron chi connectivity index (χ1n) is 9.29. The monoisotopic (exact) mass is 422 g/mol. The zero-order valence-electron chi connectivity index (χ0n) is 16.9. The average Bonchev–Trinajstić information content (AvgIpc) is 2.94. The van der Waals surface area contributed by atoms with Crippen molar-refractivity contribution < 1.29 is 4.79 Å². The molecule has 4 rings (SSSR count). The zero-order valence-corrected chi connectivity index (χ0v) is 17.7. The highest BCUT2D eigenvalue weighted by atomic mass is 35.5. The number of hydrogen-bond acceptors (Lipinski definition) is 4. The van der Waals surface area contributed by atoms with Gasteiger partial charge in [0.15, 0.2) is 5.78 Å². The van der Waals surface area contributed by atoms with E-state index in [1.54, 1.807) is 51.2 Å². The second kappa shape index (κ2) is 7.11. The standard InChI is InChI=1S/C22H19ClN4O3/c1-11-9-15(23)6-8-18(11)27-13(3)24-17-7-5-14(10-16(17)21(27)29)20(28)19-12(2)25-26(4)22(19)30/h5-10,25H,1-4H3. The molecule has 0 atom stereocenters. The first-order chi connectivity index (χ1) is 14.2. The lowest BCUT2D eigenvalue weighted by atomic mass is 10.0. The molecule has 0 saturated heterocycles. The number of aromatic amines is 1. The molecule has 2 aromatic carbocycles. The molecule has 1 N–H and O–H groups in total. The van der Waals surface area contributed by atoms with Gasteiger partial charge in [-0.3, -0.25) is 28.7 Å². The topological polar surface area (TPSA) is 89.8 Å². The van der Waals surface area contributed by atoms with Crippen molar-refractivity contribution >= 4 is 28.3 Å². The first kappa shape index (κ1) is 19.8. The van der Waals surface area contributed by atoms with Gasteiger partial charge in [0.05, 0.1) is 16.6 Å². The number of halogens is 1. The number of carbonyl (C=O) groups excluding carboxylic acids is 1. The molecule has 0 fully saturated rings. The number of carbonyl (C=O) groups is 1. The van der Waals surface area contributed by atoms with Crippen molar-refractivity contribution in [1.29, 1.82) is 0 Å². The summed E-state index contributed by atoms with van der Waals surface area (Å²) in [6.45, 7) is 5.28. The van der Waals surface area contributed by atoms with E-state index in [4.69, 9.17) is 11.6 Å². The number of H-pyrrole nitrogens is 1. The predicted molar refractivity (Wildman–Crippen MR) is 116 cm³/mol. The minimum Gasteiger partial charge on any atom is -0.299 e. The third kappa shape index (κ3) is 3.07. The van der Waals surface area contributed by atoms with Gasteiger partial charge in [-0.25, -0.2) is 4.98 Å². The van der Waals surface area contributed by atoms with E-state index < -0.39 is 11.3 Å². The van der Waals surface area contributed by atoms with Gasteiger partial charge in [0.2, 0.25) is 0 Å². The smallest absolute Gasteiger partial charge is 0.277 e. The van der Waals surface area contributed by atoms with E-state index in [0.29, 0.717) is 33.1 Å². The van der Waals surface area contributed by atoms with Crippen LogP contribution in [0, 0.1) is 20.8 Å². The number of benzene rings is 2. The number of aryl methyl sites for hydroxylation is 4. The van der Waals surface area contributed by atoms with Gasteiger partial charge in [-0.15, -0.1) is 0 Å². The Bertz CT molecular complexity index is 1460. The van der Waals surface area contributed by atoms with E-state index >= 15 is 0 Å². The Balaban J connectivity index is 1.94. The van der Waals surface area contributed by atoms with Crippen LogP contribution in [0.5, 0.6) is 0 Å². The number of nitrogens with one attached hydrogen (secondary N) is 1. The van der Waals surface area contributed by atoms with Gasteiger partial charge < -0.3 is 0 Å². The van der Waals surface area contributed by atoms with Crippen LogP contribution < -0.4 is 11.1 Å².